The number of aromatic nitrogens is 1. The molecule has 41 heavy (non-hydrogen) atoms. The molecule has 6 rings (SSSR count). The Kier molecular flexibility index (Phi) is 7.31. The Bertz CT molecular complexity index is 1460. The molecule has 4 heterocycles. The molecule has 2 aromatic carbocycles. The Balaban J connectivity index is 1.21. The number of nitrogens with zero attached hydrogens (tertiary/aromatic N) is 3. The number of hydrogen-bond acceptors (Lipinski definition) is 10. The average Bonchev–Trinajstić information content (AvgIpc) is 3.34. The van der Waals surface area contributed by atoms with Gasteiger partial charge in [-0.15, -0.1) is 0 Å². The van der Waals surface area contributed by atoms with Crippen molar-refractivity contribution in [3.05, 3.63) is 54.2 Å². The Hall–Kier alpha value is -4.09. The Morgan fingerprint density at radius 3 is 2.78 bits per heavy atom. The highest BCUT2D eigenvalue weighted by Gasteiger charge is 2.54. The second-order valence-corrected chi connectivity index (χ2v) is 10.6. The maximum atomic E-state index is 13.2. The number of methoxy groups -OCH3 is 2. The Morgan fingerprint density at radius 1 is 1.15 bits per heavy atom. The highest BCUT2D eigenvalue weighted by Crippen LogP contribution is 2.43. The van der Waals surface area contributed by atoms with Gasteiger partial charge in [0.2, 0.25) is 0 Å². The molecule has 1 aromatic heterocycles. The second kappa shape index (κ2) is 11.1. The van der Waals surface area contributed by atoms with E-state index in [1.165, 1.54) is 7.11 Å². The SMILES string of the molecule is COC(=O)C[C@H]1CN(C[C@@H](O)c2ccnc3ccc(OC)cc23)CC[C@@]12CN(c1ccc3c(c1)OCCO3)C(=O)O2. The smallest absolute Gasteiger partial charge is 0.415 e. The number of fused-ring (bicyclic) bond motifs is 2. The van der Waals surface area contributed by atoms with E-state index in [0.717, 1.165) is 16.5 Å². The van der Waals surface area contributed by atoms with Crippen molar-refractivity contribution < 1.29 is 38.4 Å². The molecule has 3 atom stereocenters. The highest BCUT2D eigenvalue weighted by molar-refractivity contribution is 5.91. The summed E-state index contributed by atoms with van der Waals surface area (Å²) < 4.78 is 27.8. The monoisotopic (exact) mass is 563 g/mol. The van der Waals surface area contributed by atoms with Crippen LogP contribution in [0.25, 0.3) is 10.9 Å². The lowest BCUT2D eigenvalue weighted by Gasteiger charge is -2.44. The van der Waals surface area contributed by atoms with Crippen LogP contribution in [0.15, 0.2) is 48.7 Å². The van der Waals surface area contributed by atoms with Crippen LogP contribution in [0.5, 0.6) is 17.2 Å². The van der Waals surface area contributed by atoms with Crippen molar-refractivity contribution in [2.75, 3.05) is 58.5 Å². The van der Waals surface area contributed by atoms with Crippen molar-refractivity contribution in [2.45, 2.75) is 24.5 Å². The molecule has 11 heteroatoms. The number of esters is 1. The molecule has 1 N–H and O–H groups in total. The number of pyridine rings is 1. The van der Waals surface area contributed by atoms with Gasteiger partial charge in [0.1, 0.15) is 24.6 Å². The first kappa shape index (κ1) is 27.1. The molecule has 0 unspecified atom stereocenters. The third kappa shape index (κ3) is 5.22. The van der Waals surface area contributed by atoms with Gasteiger partial charge in [0, 0.05) is 49.6 Å². The Labute approximate surface area is 237 Å². The van der Waals surface area contributed by atoms with Crippen molar-refractivity contribution in [3.63, 3.8) is 0 Å². The van der Waals surface area contributed by atoms with Gasteiger partial charge in [-0.2, -0.15) is 0 Å². The van der Waals surface area contributed by atoms with E-state index in [0.29, 0.717) is 62.2 Å². The zero-order valence-corrected chi connectivity index (χ0v) is 23.1. The van der Waals surface area contributed by atoms with Crippen molar-refractivity contribution in [2.24, 2.45) is 5.92 Å². The lowest BCUT2D eigenvalue weighted by Crippen LogP contribution is -2.55. The van der Waals surface area contributed by atoms with Crippen LogP contribution in [0.1, 0.15) is 24.5 Å². The summed E-state index contributed by atoms with van der Waals surface area (Å²) >= 11 is 0. The molecule has 0 radical (unpaired) electrons. The number of amides is 1. The topological polar surface area (TPSA) is 120 Å². The number of carbonyl (C=O) groups is 2. The van der Waals surface area contributed by atoms with Crippen LogP contribution < -0.4 is 19.1 Å². The van der Waals surface area contributed by atoms with E-state index in [4.69, 9.17) is 23.7 Å². The average molecular weight is 564 g/mol. The number of likely N-dealkylation sites (tertiary alicyclic amines) is 1. The highest BCUT2D eigenvalue weighted by atomic mass is 16.6. The van der Waals surface area contributed by atoms with Gasteiger partial charge in [0.15, 0.2) is 11.5 Å². The summed E-state index contributed by atoms with van der Waals surface area (Å²) in [6.45, 7) is 2.57. The summed E-state index contributed by atoms with van der Waals surface area (Å²) in [6.07, 6.45) is 0.992. The van der Waals surface area contributed by atoms with Gasteiger partial charge in [-0.1, -0.05) is 0 Å². The number of β-amino-alcohol motifs (C(OH)–C–C–N with tert-alkyl or cyclic N) is 1. The van der Waals surface area contributed by atoms with E-state index >= 15 is 0 Å². The van der Waals surface area contributed by atoms with E-state index in [1.54, 1.807) is 30.3 Å². The molecule has 2 saturated heterocycles. The number of piperidine rings is 1. The molecule has 3 aliphatic heterocycles. The van der Waals surface area contributed by atoms with Crippen molar-refractivity contribution in [1.29, 1.82) is 0 Å². The van der Waals surface area contributed by atoms with E-state index in [2.05, 4.69) is 9.88 Å². The molecule has 11 nitrogen and oxygen atoms in total. The lowest BCUT2D eigenvalue weighted by atomic mass is 9.78. The molecule has 0 bridgehead atoms. The fourth-order valence-electron chi connectivity index (χ4n) is 6.06. The number of hydrogen-bond donors (Lipinski definition) is 1. The summed E-state index contributed by atoms with van der Waals surface area (Å²) in [7, 11) is 2.95. The third-order valence-electron chi connectivity index (χ3n) is 8.26. The summed E-state index contributed by atoms with van der Waals surface area (Å²) in [5.41, 5.74) is 1.28. The van der Waals surface area contributed by atoms with Crippen molar-refractivity contribution in [1.82, 2.24) is 9.88 Å². The first-order valence-electron chi connectivity index (χ1n) is 13.7. The summed E-state index contributed by atoms with van der Waals surface area (Å²) in [4.78, 5) is 33.8. The molecule has 3 aliphatic rings. The standard InChI is InChI=1S/C30H33N3O8/c1-37-21-4-5-24-23(15-21)22(7-9-31-24)25(34)17-32-10-8-30(19(16-32)13-28(35)38-2)18-33(29(36)41-30)20-3-6-26-27(14-20)40-12-11-39-26/h3-7,9,14-15,19,25,34H,8,10-13,16-18H2,1-2H3/t19-,25+,30+/m0/s1. The van der Waals surface area contributed by atoms with Crippen molar-refractivity contribution >= 4 is 28.7 Å². The largest absolute Gasteiger partial charge is 0.497 e. The molecule has 0 saturated carbocycles. The van der Waals surface area contributed by atoms with E-state index in [9.17, 15) is 14.7 Å². The molecular formula is C30H33N3O8. The summed E-state index contributed by atoms with van der Waals surface area (Å²) in [6, 6.07) is 12.8. The fourth-order valence-corrected chi connectivity index (χ4v) is 6.06. The minimum Gasteiger partial charge on any atom is -0.497 e. The summed E-state index contributed by atoms with van der Waals surface area (Å²) in [5, 5.41) is 12.1. The number of aliphatic hydroxyl groups excluding tert-OH is 1. The minimum atomic E-state index is -0.878. The normalized spacial score (nSPS) is 23.0. The summed E-state index contributed by atoms with van der Waals surface area (Å²) in [5.74, 6) is 1.19. The van der Waals surface area contributed by atoms with Gasteiger partial charge in [0.05, 0.1) is 44.5 Å². The number of carbonyl (C=O) groups excluding carboxylic acids is 2. The Morgan fingerprint density at radius 2 is 1.98 bits per heavy atom. The van der Waals surface area contributed by atoms with Gasteiger partial charge < -0.3 is 28.8 Å². The molecule has 3 aromatic rings. The van der Waals surface area contributed by atoms with Crippen LogP contribution in [-0.2, 0) is 14.3 Å². The first-order valence-corrected chi connectivity index (χ1v) is 13.7. The van der Waals surface area contributed by atoms with E-state index in [1.807, 2.05) is 30.3 Å². The molecular weight excluding hydrogens is 530 g/mol. The minimum absolute atomic E-state index is 0.0841. The van der Waals surface area contributed by atoms with E-state index in [-0.39, 0.29) is 24.9 Å². The molecule has 1 spiro atoms. The van der Waals surface area contributed by atoms with Gasteiger partial charge in [-0.05, 0) is 42.0 Å². The number of benzene rings is 2. The van der Waals surface area contributed by atoms with Crippen LogP contribution in [0.2, 0.25) is 0 Å². The van der Waals surface area contributed by atoms with E-state index < -0.39 is 17.8 Å². The predicted molar refractivity (Wildman–Crippen MR) is 148 cm³/mol. The molecule has 2 fully saturated rings. The lowest BCUT2D eigenvalue weighted by molar-refractivity contribution is -0.146. The van der Waals surface area contributed by atoms with Crippen LogP contribution in [0.3, 0.4) is 0 Å². The number of anilines is 1. The molecule has 0 aliphatic carbocycles. The second-order valence-electron chi connectivity index (χ2n) is 10.6. The maximum absolute atomic E-state index is 13.2. The molecule has 216 valence electrons. The predicted octanol–water partition coefficient (Wildman–Crippen LogP) is 3.33. The van der Waals surface area contributed by atoms with Crippen LogP contribution >= 0.6 is 0 Å². The maximum Gasteiger partial charge on any atom is 0.415 e. The van der Waals surface area contributed by atoms with Crippen LogP contribution in [0, 0.1) is 5.92 Å². The van der Waals surface area contributed by atoms with Crippen LogP contribution in [-0.4, -0.2) is 86.3 Å². The fraction of sp³-hybridized carbons (Fsp3) is 0.433. The third-order valence-corrected chi connectivity index (χ3v) is 8.26. The van der Waals surface area contributed by atoms with Crippen LogP contribution in [0.4, 0.5) is 10.5 Å². The number of rotatable bonds is 7. The van der Waals surface area contributed by atoms with Gasteiger partial charge in [-0.25, -0.2) is 4.79 Å². The van der Waals surface area contributed by atoms with Gasteiger partial charge in [-0.3, -0.25) is 19.6 Å². The molecule has 1 amide bonds. The first-order chi connectivity index (χ1) is 19.9. The van der Waals surface area contributed by atoms with Gasteiger partial charge in [0.25, 0.3) is 0 Å². The van der Waals surface area contributed by atoms with Gasteiger partial charge >= 0.3 is 12.1 Å². The number of ether oxygens (including phenoxy) is 5. The number of aliphatic hydroxyl groups is 1. The zero-order chi connectivity index (χ0) is 28.6. The quantitative estimate of drug-likeness (QED) is 0.429. The zero-order valence-electron chi connectivity index (χ0n) is 23.1. The van der Waals surface area contributed by atoms with Crippen molar-refractivity contribution in [3.8, 4) is 17.2 Å².